The van der Waals surface area contributed by atoms with E-state index in [0.29, 0.717) is 0 Å². The van der Waals surface area contributed by atoms with Gasteiger partial charge in [0.05, 0.1) is 0 Å². The van der Waals surface area contributed by atoms with Gasteiger partial charge in [0.25, 0.3) is 8.48 Å². The number of hydrogen-bond acceptors (Lipinski definition) is 2. The third kappa shape index (κ3) is 4.69. The predicted octanol–water partition coefficient (Wildman–Crippen LogP) is 5.61. The van der Waals surface area contributed by atoms with Gasteiger partial charge in [-0.15, -0.1) is 0 Å². The molecule has 0 spiro atoms. The Morgan fingerprint density at radius 3 is 1.78 bits per heavy atom. The maximum atomic E-state index is 7.00. The monoisotopic (exact) mass is 397 g/mol. The van der Waals surface area contributed by atoms with Gasteiger partial charge in [-0.3, -0.25) is 0 Å². The van der Waals surface area contributed by atoms with Crippen LogP contribution in [0.25, 0.3) is 5.57 Å². The molecule has 0 radical (unpaired) electrons. The maximum absolute atomic E-state index is 7.00. The van der Waals surface area contributed by atoms with Crippen LogP contribution in [0.4, 0.5) is 0 Å². The molecule has 0 N–H and O–H groups in total. The standard InChI is InChI=1S/C23H35NOSi2/c1-19(20-13-11-10-12-14-20)21-15-17-22(18-16-21)27(9,24(5)6)25-26(7,8)23(2,3)4/h10-18H,1H2,2-9H3. The van der Waals surface area contributed by atoms with Gasteiger partial charge < -0.3 is 8.68 Å². The predicted molar refractivity (Wildman–Crippen MR) is 124 cm³/mol. The summed E-state index contributed by atoms with van der Waals surface area (Å²) in [4.78, 5) is 0. The van der Waals surface area contributed by atoms with Crippen LogP contribution in [-0.4, -0.2) is 35.5 Å². The second-order valence-corrected chi connectivity index (χ2v) is 17.9. The molecule has 27 heavy (non-hydrogen) atoms. The Bertz CT molecular complexity index is 776. The molecule has 1 unspecified atom stereocenters. The highest BCUT2D eigenvalue weighted by Crippen LogP contribution is 2.38. The summed E-state index contributed by atoms with van der Waals surface area (Å²) in [5.74, 6) is 0. The minimum Gasteiger partial charge on any atom is -0.441 e. The van der Waals surface area contributed by atoms with Crippen molar-refractivity contribution in [3.8, 4) is 0 Å². The lowest BCUT2D eigenvalue weighted by Gasteiger charge is -2.46. The molecule has 0 bridgehead atoms. The van der Waals surface area contributed by atoms with Gasteiger partial charge in [-0.25, -0.2) is 0 Å². The van der Waals surface area contributed by atoms with Gasteiger partial charge in [-0.2, -0.15) is 0 Å². The normalized spacial score (nSPS) is 14.9. The van der Waals surface area contributed by atoms with Crippen molar-refractivity contribution >= 4 is 27.6 Å². The largest absolute Gasteiger partial charge is 0.441 e. The molecular formula is C23H35NOSi2. The van der Waals surface area contributed by atoms with Crippen LogP contribution in [0.5, 0.6) is 0 Å². The zero-order chi connectivity index (χ0) is 20.5. The summed E-state index contributed by atoms with van der Waals surface area (Å²) in [5, 5.41) is 1.50. The molecule has 2 aromatic rings. The number of hydrogen-bond donors (Lipinski definition) is 0. The Balaban J connectivity index is 2.35. The zero-order valence-electron chi connectivity index (χ0n) is 18.3. The lowest BCUT2D eigenvalue weighted by molar-refractivity contribution is 0.421. The van der Waals surface area contributed by atoms with Gasteiger partial charge in [0.15, 0.2) is 8.32 Å². The van der Waals surface area contributed by atoms with Gasteiger partial charge in [-0.05, 0) is 60.7 Å². The highest BCUT2D eigenvalue weighted by atomic mass is 28.4. The van der Waals surface area contributed by atoms with E-state index in [1.165, 1.54) is 5.19 Å². The van der Waals surface area contributed by atoms with E-state index in [2.05, 4.69) is 114 Å². The van der Waals surface area contributed by atoms with E-state index in [4.69, 9.17) is 4.12 Å². The van der Waals surface area contributed by atoms with E-state index < -0.39 is 16.8 Å². The Labute approximate surface area is 168 Å². The molecule has 0 aliphatic carbocycles. The zero-order valence-corrected chi connectivity index (χ0v) is 20.3. The lowest BCUT2D eigenvalue weighted by Crippen LogP contribution is -2.65. The van der Waals surface area contributed by atoms with Crippen molar-refractivity contribution in [2.24, 2.45) is 0 Å². The number of nitrogens with zero attached hydrogens (tertiary/aromatic N) is 1. The van der Waals surface area contributed by atoms with E-state index in [1.807, 2.05) is 6.07 Å². The number of benzene rings is 2. The Hall–Kier alpha value is -1.47. The van der Waals surface area contributed by atoms with E-state index in [9.17, 15) is 0 Å². The van der Waals surface area contributed by atoms with Crippen LogP contribution in [0.1, 0.15) is 31.9 Å². The molecule has 4 heteroatoms. The maximum Gasteiger partial charge on any atom is 0.291 e. The fraction of sp³-hybridized carbons (Fsp3) is 0.391. The molecular weight excluding hydrogens is 362 g/mol. The first-order chi connectivity index (χ1) is 12.4. The Kier molecular flexibility index (Phi) is 6.37. The molecule has 1 atom stereocenters. The topological polar surface area (TPSA) is 12.5 Å². The van der Waals surface area contributed by atoms with E-state index in [-0.39, 0.29) is 5.04 Å². The molecule has 0 heterocycles. The van der Waals surface area contributed by atoms with Gasteiger partial charge in [0, 0.05) is 0 Å². The van der Waals surface area contributed by atoms with Crippen molar-refractivity contribution in [2.45, 2.75) is 45.5 Å². The van der Waals surface area contributed by atoms with E-state index in [0.717, 1.165) is 16.7 Å². The van der Waals surface area contributed by atoms with Crippen LogP contribution in [0.3, 0.4) is 0 Å². The third-order valence-corrected chi connectivity index (χ3v) is 16.4. The lowest BCUT2D eigenvalue weighted by atomic mass is 10.00. The van der Waals surface area contributed by atoms with Crippen molar-refractivity contribution in [3.63, 3.8) is 0 Å². The fourth-order valence-corrected chi connectivity index (χ4v) is 10.5. The molecule has 0 saturated heterocycles. The highest BCUT2D eigenvalue weighted by Gasteiger charge is 2.46. The van der Waals surface area contributed by atoms with Crippen LogP contribution in [0.15, 0.2) is 61.2 Å². The first-order valence-corrected chi connectivity index (χ1v) is 14.9. The van der Waals surface area contributed by atoms with Crippen molar-refractivity contribution < 1.29 is 4.12 Å². The average Bonchev–Trinajstić information content (AvgIpc) is 2.60. The van der Waals surface area contributed by atoms with Crippen molar-refractivity contribution in [1.29, 1.82) is 0 Å². The summed E-state index contributed by atoms with van der Waals surface area (Å²) < 4.78 is 9.32. The minimum atomic E-state index is -2.22. The average molecular weight is 398 g/mol. The van der Waals surface area contributed by atoms with Crippen LogP contribution < -0.4 is 5.19 Å². The fourth-order valence-electron chi connectivity index (χ4n) is 2.85. The molecule has 0 amide bonds. The van der Waals surface area contributed by atoms with E-state index in [1.54, 1.807) is 0 Å². The minimum absolute atomic E-state index is 0.193. The first kappa shape index (κ1) is 21.8. The highest BCUT2D eigenvalue weighted by molar-refractivity contribution is 6.92. The van der Waals surface area contributed by atoms with Gasteiger partial charge in [-0.1, -0.05) is 81.9 Å². The summed E-state index contributed by atoms with van der Waals surface area (Å²) in [5.41, 5.74) is 3.38. The quantitative estimate of drug-likeness (QED) is 0.587. The van der Waals surface area contributed by atoms with Crippen molar-refractivity contribution in [1.82, 2.24) is 4.57 Å². The molecule has 2 rings (SSSR count). The first-order valence-electron chi connectivity index (χ1n) is 9.61. The SMILES string of the molecule is C=C(c1ccccc1)c1ccc([Si](C)(O[Si](C)(C)C(C)(C)C)N(C)C)cc1. The van der Waals surface area contributed by atoms with Crippen LogP contribution >= 0.6 is 0 Å². The summed E-state index contributed by atoms with van der Waals surface area (Å²) >= 11 is 0. The summed E-state index contributed by atoms with van der Waals surface area (Å²) in [6, 6.07) is 19.2. The molecule has 0 aromatic heterocycles. The summed E-state index contributed by atoms with van der Waals surface area (Å²) in [6.07, 6.45) is 0. The molecule has 0 saturated carbocycles. The number of rotatable bonds is 6. The van der Waals surface area contributed by atoms with Crippen molar-refractivity contribution in [3.05, 3.63) is 72.3 Å². The summed E-state index contributed by atoms with van der Waals surface area (Å²) in [7, 11) is 0.207. The molecule has 0 fully saturated rings. The Morgan fingerprint density at radius 1 is 0.852 bits per heavy atom. The second kappa shape index (κ2) is 7.88. The smallest absolute Gasteiger partial charge is 0.291 e. The molecule has 2 aromatic carbocycles. The van der Waals surface area contributed by atoms with Gasteiger partial charge >= 0.3 is 0 Å². The van der Waals surface area contributed by atoms with Gasteiger partial charge in [0.1, 0.15) is 0 Å². The third-order valence-electron chi connectivity index (χ3n) is 6.00. The molecule has 146 valence electrons. The molecule has 2 nitrogen and oxygen atoms in total. The van der Waals surface area contributed by atoms with E-state index >= 15 is 0 Å². The molecule has 0 aliphatic heterocycles. The van der Waals surface area contributed by atoms with Crippen LogP contribution in [-0.2, 0) is 4.12 Å². The molecule has 0 aliphatic rings. The van der Waals surface area contributed by atoms with Crippen LogP contribution in [0.2, 0.25) is 24.7 Å². The van der Waals surface area contributed by atoms with Crippen molar-refractivity contribution in [2.75, 3.05) is 14.1 Å². The Morgan fingerprint density at radius 2 is 1.33 bits per heavy atom. The second-order valence-electron chi connectivity index (χ2n) is 9.16. The van der Waals surface area contributed by atoms with Gasteiger partial charge in [0.2, 0.25) is 0 Å². The van der Waals surface area contributed by atoms with Crippen LogP contribution in [0, 0.1) is 0 Å². The summed E-state index contributed by atoms with van der Waals surface area (Å²) in [6.45, 7) is 18.2.